The molecule has 0 atom stereocenters. The van der Waals surface area contributed by atoms with Gasteiger partial charge < -0.3 is 4.90 Å². The fourth-order valence-electron chi connectivity index (χ4n) is 2.72. The molecule has 1 aliphatic heterocycles. The minimum Gasteiger partial charge on any atom is -0.308 e. The van der Waals surface area contributed by atoms with Gasteiger partial charge in [0.05, 0.1) is 11.4 Å². The Balaban J connectivity index is 1.94. The number of halogens is 1. The summed E-state index contributed by atoms with van der Waals surface area (Å²) in [5.41, 5.74) is 4.06. The number of para-hydroxylation sites is 1. The fraction of sp³-hybridized carbons (Fsp3) is 0. The van der Waals surface area contributed by atoms with Crippen LogP contribution in [-0.2, 0) is 0 Å². The number of carbonyl (C=O) groups is 1. The van der Waals surface area contributed by atoms with E-state index in [1.807, 2.05) is 36.4 Å². The highest BCUT2D eigenvalue weighted by Gasteiger charge is 2.24. The summed E-state index contributed by atoms with van der Waals surface area (Å²) in [6.45, 7) is 0. The lowest BCUT2D eigenvalue weighted by Gasteiger charge is -2.33. The molecule has 0 spiro atoms. The Bertz CT molecular complexity index is 892. The van der Waals surface area contributed by atoms with Crippen molar-refractivity contribution in [2.24, 2.45) is 0 Å². The Morgan fingerprint density at radius 1 is 0.870 bits per heavy atom. The molecule has 112 valence electrons. The van der Waals surface area contributed by atoms with Crippen LogP contribution in [0, 0.1) is 0 Å². The van der Waals surface area contributed by atoms with Crippen LogP contribution in [-0.4, -0.2) is 6.29 Å². The molecule has 0 radical (unpaired) electrons. The number of nitrogens with zero attached hydrogens (tertiary/aromatic N) is 1. The number of aldehydes is 1. The van der Waals surface area contributed by atoms with Crippen molar-refractivity contribution in [3.8, 4) is 0 Å². The maximum Gasteiger partial charge on any atom is 0.150 e. The summed E-state index contributed by atoms with van der Waals surface area (Å²) < 4.78 is 1.05. The third-order valence-electron chi connectivity index (χ3n) is 3.77. The van der Waals surface area contributed by atoms with Gasteiger partial charge in [-0.05, 0) is 54.6 Å². The molecule has 0 bridgehead atoms. The minimum atomic E-state index is 0.700. The zero-order valence-corrected chi connectivity index (χ0v) is 14.5. The molecule has 0 amide bonds. The molecule has 0 aliphatic carbocycles. The van der Waals surface area contributed by atoms with E-state index in [4.69, 9.17) is 0 Å². The fourth-order valence-corrected chi connectivity index (χ4v) is 4.09. The highest BCUT2D eigenvalue weighted by molar-refractivity contribution is 9.10. The lowest BCUT2D eigenvalue weighted by Crippen LogP contribution is -2.14. The Hall–Kier alpha value is -2.04. The summed E-state index contributed by atoms with van der Waals surface area (Å²) in [5, 5.41) is 0. The Labute approximate surface area is 147 Å². The van der Waals surface area contributed by atoms with Crippen LogP contribution in [0.1, 0.15) is 10.4 Å². The predicted octanol–water partition coefficient (Wildman–Crippen LogP) is 6.20. The lowest BCUT2D eigenvalue weighted by molar-refractivity contribution is 0.112. The maximum atomic E-state index is 11.1. The van der Waals surface area contributed by atoms with Gasteiger partial charge in [-0.25, -0.2) is 0 Å². The largest absolute Gasteiger partial charge is 0.308 e. The summed E-state index contributed by atoms with van der Waals surface area (Å²) in [7, 11) is 0. The van der Waals surface area contributed by atoms with Crippen LogP contribution in [0.15, 0.2) is 81.0 Å². The van der Waals surface area contributed by atoms with Gasteiger partial charge in [-0.3, -0.25) is 4.79 Å². The molecule has 0 fully saturated rings. The molecule has 0 aromatic heterocycles. The van der Waals surface area contributed by atoms with Gasteiger partial charge in [-0.1, -0.05) is 39.8 Å². The van der Waals surface area contributed by atoms with Crippen molar-refractivity contribution >= 4 is 51.0 Å². The zero-order valence-electron chi connectivity index (χ0n) is 12.1. The molecule has 0 unspecified atom stereocenters. The molecule has 1 heterocycles. The van der Waals surface area contributed by atoms with E-state index in [1.165, 1.54) is 4.90 Å². The van der Waals surface area contributed by atoms with Gasteiger partial charge in [0.1, 0.15) is 6.29 Å². The first-order chi connectivity index (χ1) is 11.3. The summed E-state index contributed by atoms with van der Waals surface area (Å²) in [5.74, 6) is 0. The number of rotatable bonds is 2. The zero-order chi connectivity index (χ0) is 15.8. The molecule has 0 saturated carbocycles. The normalized spacial score (nSPS) is 12.5. The third kappa shape index (κ3) is 2.58. The Morgan fingerprint density at radius 2 is 1.61 bits per heavy atom. The second-order valence-corrected chi connectivity index (χ2v) is 7.23. The standard InChI is InChI=1S/C19H12BrNOS/c20-14-6-8-15(9-7-14)21-16-3-1-2-4-18(16)23-19-11-13(12-22)5-10-17(19)21/h1-12H. The number of anilines is 3. The molecule has 0 saturated heterocycles. The molecule has 1 aliphatic rings. The van der Waals surface area contributed by atoms with E-state index >= 15 is 0 Å². The van der Waals surface area contributed by atoms with Crippen LogP contribution in [0.3, 0.4) is 0 Å². The second-order valence-electron chi connectivity index (χ2n) is 5.23. The number of hydrogen-bond acceptors (Lipinski definition) is 3. The predicted molar refractivity (Wildman–Crippen MR) is 98.3 cm³/mol. The minimum absolute atomic E-state index is 0.700. The lowest BCUT2D eigenvalue weighted by atomic mass is 10.1. The summed E-state index contributed by atoms with van der Waals surface area (Å²) in [6.07, 6.45) is 0.894. The molecular formula is C19H12BrNOS. The van der Waals surface area contributed by atoms with Gasteiger partial charge in [0.25, 0.3) is 0 Å². The van der Waals surface area contributed by atoms with Crippen molar-refractivity contribution in [3.05, 3.63) is 76.8 Å². The Morgan fingerprint density at radius 3 is 2.39 bits per heavy atom. The van der Waals surface area contributed by atoms with E-state index in [0.29, 0.717) is 5.56 Å². The number of hydrogen-bond donors (Lipinski definition) is 0. The van der Waals surface area contributed by atoms with E-state index in [-0.39, 0.29) is 0 Å². The van der Waals surface area contributed by atoms with E-state index in [2.05, 4.69) is 51.2 Å². The van der Waals surface area contributed by atoms with E-state index in [9.17, 15) is 4.79 Å². The molecule has 3 aromatic rings. The number of benzene rings is 3. The summed E-state index contributed by atoms with van der Waals surface area (Å²) in [6, 6.07) is 22.4. The van der Waals surface area contributed by atoms with E-state index in [0.717, 1.165) is 32.7 Å². The van der Waals surface area contributed by atoms with Crippen molar-refractivity contribution < 1.29 is 4.79 Å². The molecule has 0 N–H and O–H groups in total. The van der Waals surface area contributed by atoms with Crippen LogP contribution in [0.5, 0.6) is 0 Å². The van der Waals surface area contributed by atoms with E-state index < -0.39 is 0 Å². The molecule has 3 aromatic carbocycles. The van der Waals surface area contributed by atoms with E-state index in [1.54, 1.807) is 11.8 Å². The smallest absolute Gasteiger partial charge is 0.150 e. The van der Waals surface area contributed by atoms with Crippen LogP contribution >= 0.6 is 27.7 Å². The third-order valence-corrected chi connectivity index (χ3v) is 5.41. The van der Waals surface area contributed by atoms with Gasteiger partial charge in [-0.15, -0.1) is 0 Å². The quantitative estimate of drug-likeness (QED) is 0.385. The molecule has 4 rings (SSSR count). The Kier molecular flexibility index (Phi) is 3.71. The highest BCUT2D eigenvalue weighted by atomic mass is 79.9. The molecule has 23 heavy (non-hydrogen) atoms. The first-order valence-electron chi connectivity index (χ1n) is 7.18. The average molecular weight is 382 g/mol. The molecular weight excluding hydrogens is 370 g/mol. The number of carbonyl (C=O) groups excluding carboxylic acids is 1. The number of fused-ring (bicyclic) bond motifs is 2. The van der Waals surface area contributed by atoms with Crippen LogP contribution in [0.2, 0.25) is 0 Å². The van der Waals surface area contributed by atoms with Crippen molar-refractivity contribution in [3.63, 3.8) is 0 Å². The SMILES string of the molecule is O=Cc1ccc2c(c1)Sc1ccccc1N2c1ccc(Br)cc1. The first kappa shape index (κ1) is 14.5. The monoisotopic (exact) mass is 381 g/mol. The highest BCUT2D eigenvalue weighted by Crippen LogP contribution is 2.51. The van der Waals surface area contributed by atoms with Crippen molar-refractivity contribution in [1.82, 2.24) is 0 Å². The molecule has 2 nitrogen and oxygen atoms in total. The van der Waals surface area contributed by atoms with Gasteiger partial charge >= 0.3 is 0 Å². The van der Waals surface area contributed by atoms with Crippen LogP contribution in [0.25, 0.3) is 0 Å². The topological polar surface area (TPSA) is 20.3 Å². The average Bonchev–Trinajstić information content (AvgIpc) is 2.60. The van der Waals surface area contributed by atoms with Gasteiger partial charge in [-0.2, -0.15) is 0 Å². The molecule has 4 heteroatoms. The van der Waals surface area contributed by atoms with Gasteiger partial charge in [0.2, 0.25) is 0 Å². The van der Waals surface area contributed by atoms with Crippen LogP contribution in [0.4, 0.5) is 17.1 Å². The second kappa shape index (κ2) is 5.87. The van der Waals surface area contributed by atoms with Crippen LogP contribution < -0.4 is 4.90 Å². The van der Waals surface area contributed by atoms with Crippen molar-refractivity contribution in [2.75, 3.05) is 4.90 Å². The van der Waals surface area contributed by atoms with Crippen molar-refractivity contribution in [2.45, 2.75) is 9.79 Å². The summed E-state index contributed by atoms with van der Waals surface area (Å²) in [4.78, 5) is 15.6. The maximum absolute atomic E-state index is 11.1. The van der Waals surface area contributed by atoms with Crippen molar-refractivity contribution in [1.29, 1.82) is 0 Å². The van der Waals surface area contributed by atoms with Gasteiger partial charge in [0.15, 0.2) is 0 Å². The first-order valence-corrected chi connectivity index (χ1v) is 8.79. The van der Waals surface area contributed by atoms with Gasteiger partial charge in [0, 0.05) is 25.5 Å². The summed E-state index contributed by atoms with van der Waals surface area (Å²) >= 11 is 5.19.